The molecule has 0 rings (SSSR count). The van der Waals surface area contributed by atoms with Crippen molar-refractivity contribution in [1.82, 2.24) is 0 Å². The monoisotopic (exact) mass is 627 g/mol. The summed E-state index contributed by atoms with van der Waals surface area (Å²) in [5.41, 5.74) is 0. The van der Waals surface area contributed by atoms with Gasteiger partial charge < -0.3 is 19.8 Å². The lowest BCUT2D eigenvalue weighted by Crippen LogP contribution is -2.58. The van der Waals surface area contributed by atoms with Crippen molar-refractivity contribution in [2.24, 2.45) is 17.8 Å². The molecule has 0 spiro atoms. The van der Waals surface area contributed by atoms with Crippen molar-refractivity contribution < 1.29 is 34.2 Å². The number of carboxylic acids is 3. The molecule has 3 atom stereocenters. The summed E-state index contributed by atoms with van der Waals surface area (Å²) in [6, 6.07) is 0. The van der Waals surface area contributed by atoms with Crippen LogP contribution in [0.3, 0.4) is 0 Å². The number of aliphatic carboxylic acids is 3. The van der Waals surface area contributed by atoms with E-state index in [2.05, 4.69) is 6.92 Å². The van der Waals surface area contributed by atoms with E-state index >= 15 is 0 Å². The van der Waals surface area contributed by atoms with Crippen molar-refractivity contribution in [3.63, 3.8) is 0 Å². The molecule has 7 heteroatoms. The van der Waals surface area contributed by atoms with Gasteiger partial charge in [0.05, 0.1) is 26.2 Å². The van der Waals surface area contributed by atoms with E-state index in [9.17, 15) is 29.7 Å². The Balaban J connectivity index is 4.50. The zero-order valence-corrected chi connectivity index (χ0v) is 29.3. The summed E-state index contributed by atoms with van der Waals surface area (Å²) in [6.07, 6.45) is 27.4. The van der Waals surface area contributed by atoms with E-state index in [1.54, 1.807) is 0 Å². The lowest BCUT2D eigenvalue weighted by Gasteiger charge is -2.43. The minimum absolute atomic E-state index is 0.263. The normalized spacial score (nSPS) is 15.0. The zero-order chi connectivity index (χ0) is 33.1. The summed E-state index contributed by atoms with van der Waals surface area (Å²) in [4.78, 5) is 36.0. The van der Waals surface area contributed by atoms with E-state index in [1.807, 2.05) is 20.8 Å². The molecule has 3 N–H and O–H groups in total. The summed E-state index contributed by atoms with van der Waals surface area (Å²) in [7, 11) is 0. The largest absolute Gasteiger partial charge is 0.481 e. The smallest absolute Gasteiger partial charge is 0.312 e. The van der Waals surface area contributed by atoms with Crippen LogP contribution in [0.4, 0.5) is 0 Å². The first kappa shape index (κ1) is 42.4. The van der Waals surface area contributed by atoms with Gasteiger partial charge in [-0.1, -0.05) is 143 Å². The van der Waals surface area contributed by atoms with E-state index in [0.29, 0.717) is 45.4 Å². The molecule has 0 aliphatic heterocycles. The molecule has 0 bridgehead atoms. The summed E-state index contributed by atoms with van der Waals surface area (Å²) in [5, 5.41) is 29.5. The molecule has 0 aliphatic carbocycles. The Morgan fingerprint density at radius 3 is 0.841 bits per heavy atom. The predicted molar refractivity (Wildman–Crippen MR) is 182 cm³/mol. The van der Waals surface area contributed by atoms with E-state index in [4.69, 9.17) is 0 Å². The fraction of sp³-hybridized carbons (Fsp3) is 0.919. The number of carboxylic acid groups (broad SMARTS) is 3. The molecule has 0 aromatic rings. The van der Waals surface area contributed by atoms with E-state index in [1.165, 1.54) is 109 Å². The second kappa shape index (κ2) is 27.7. The Morgan fingerprint density at radius 1 is 0.409 bits per heavy atom. The Labute approximate surface area is 271 Å². The number of unbranched alkanes of at least 4 members (excludes halogenated alkanes) is 19. The third-order valence-electron chi connectivity index (χ3n) is 9.84. The van der Waals surface area contributed by atoms with Gasteiger partial charge in [-0.05, 0) is 32.1 Å². The number of quaternary nitrogens is 1. The molecule has 44 heavy (non-hydrogen) atoms. The Bertz CT molecular complexity index is 667. The Hall–Kier alpha value is -1.63. The first-order chi connectivity index (χ1) is 21.2. The Morgan fingerprint density at radius 2 is 0.636 bits per heavy atom. The second-order valence-electron chi connectivity index (χ2n) is 13.7. The van der Waals surface area contributed by atoms with Crippen LogP contribution < -0.4 is 0 Å². The molecule has 7 nitrogen and oxygen atoms in total. The average molecular weight is 627 g/mol. The Kier molecular flexibility index (Phi) is 26.6. The molecular weight excluding hydrogens is 554 g/mol. The summed E-state index contributed by atoms with van der Waals surface area (Å²) >= 11 is 0. The number of hydrogen-bond acceptors (Lipinski definition) is 3. The van der Waals surface area contributed by atoms with Crippen LogP contribution in [0.25, 0.3) is 0 Å². The van der Waals surface area contributed by atoms with Crippen LogP contribution in [0.15, 0.2) is 0 Å². The van der Waals surface area contributed by atoms with Crippen molar-refractivity contribution in [2.75, 3.05) is 26.2 Å². The molecule has 0 radical (unpaired) electrons. The van der Waals surface area contributed by atoms with Crippen LogP contribution in [0.1, 0.15) is 175 Å². The predicted octanol–water partition coefficient (Wildman–Crippen LogP) is 9.96. The maximum atomic E-state index is 12.0. The fourth-order valence-corrected chi connectivity index (χ4v) is 6.75. The van der Waals surface area contributed by atoms with Crippen LogP contribution in [-0.4, -0.2) is 63.9 Å². The standard InChI is InChI=1S/C37H71NO6/c1-5-9-10-11-12-13-14-15-16-17-18-19-20-21-22-23-24-25-26-27-28-38(29-32(6-2)35(39)40,30-33(7-3)36(41)42)31-34(8-4)37(43)44/h32-34H,5-31H2,1-4H3,(H2-,39,40,41,42,43,44)/p+1. The second-order valence-corrected chi connectivity index (χ2v) is 13.7. The number of rotatable bonds is 33. The molecule has 0 saturated heterocycles. The molecule has 0 saturated carbocycles. The van der Waals surface area contributed by atoms with Gasteiger partial charge in [0.25, 0.3) is 0 Å². The molecule has 0 heterocycles. The molecule has 0 aliphatic rings. The minimum atomic E-state index is -0.884. The third-order valence-corrected chi connectivity index (χ3v) is 9.84. The maximum Gasteiger partial charge on any atom is 0.312 e. The minimum Gasteiger partial charge on any atom is -0.481 e. The molecule has 260 valence electrons. The number of hydrogen-bond donors (Lipinski definition) is 3. The lowest BCUT2D eigenvalue weighted by atomic mass is 9.95. The molecule has 0 amide bonds. The van der Waals surface area contributed by atoms with E-state index in [0.717, 1.165) is 19.3 Å². The van der Waals surface area contributed by atoms with Crippen LogP contribution in [0.2, 0.25) is 0 Å². The zero-order valence-electron chi connectivity index (χ0n) is 29.3. The molecule has 0 aromatic carbocycles. The van der Waals surface area contributed by atoms with Gasteiger partial charge in [-0.2, -0.15) is 0 Å². The van der Waals surface area contributed by atoms with Crippen LogP contribution in [-0.2, 0) is 14.4 Å². The van der Waals surface area contributed by atoms with Crippen molar-refractivity contribution in [3.05, 3.63) is 0 Å². The van der Waals surface area contributed by atoms with Gasteiger partial charge in [0, 0.05) is 0 Å². The number of carbonyl (C=O) groups is 3. The van der Waals surface area contributed by atoms with Crippen LogP contribution in [0.5, 0.6) is 0 Å². The topological polar surface area (TPSA) is 112 Å². The van der Waals surface area contributed by atoms with Crippen molar-refractivity contribution >= 4 is 17.9 Å². The lowest BCUT2D eigenvalue weighted by molar-refractivity contribution is -0.935. The highest BCUT2D eigenvalue weighted by Crippen LogP contribution is 2.25. The van der Waals surface area contributed by atoms with Gasteiger partial charge in [0.15, 0.2) is 0 Å². The van der Waals surface area contributed by atoms with Crippen molar-refractivity contribution in [1.29, 1.82) is 0 Å². The van der Waals surface area contributed by atoms with Crippen molar-refractivity contribution in [3.8, 4) is 0 Å². The summed E-state index contributed by atoms with van der Waals surface area (Å²) < 4.78 is 0.263. The first-order valence-corrected chi connectivity index (χ1v) is 18.7. The fourth-order valence-electron chi connectivity index (χ4n) is 6.75. The average Bonchev–Trinajstić information content (AvgIpc) is 2.99. The molecule has 0 aromatic heterocycles. The molecule has 3 unspecified atom stereocenters. The van der Waals surface area contributed by atoms with Gasteiger partial charge in [-0.15, -0.1) is 0 Å². The SMILES string of the molecule is CCCCCCCCCCCCCCCCCCCCCC[N+](CC(CC)C(=O)O)(CC(CC)C(=O)O)CC(CC)C(=O)O. The van der Waals surface area contributed by atoms with Gasteiger partial charge in [-0.3, -0.25) is 14.4 Å². The summed E-state index contributed by atoms with van der Waals surface area (Å²) in [5.74, 6) is -4.49. The van der Waals surface area contributed by atoms with Gasteiger partial charge >= 0.3 is 17.9 Å². The van der Waals surface area contributed by atoms with Crippen LogP contribution in [0, 0.1) is 17.8 Å². The number of nitrogens with zero attached hydrogens (tertiary/aromatic N) is 1. The maximum absolute atomic E-state index is 12.0. The van der Waals surface area contributed by atoms with Gasteiger partial charge in [-0.25, -0.2) is 0 Å². The first-order valence-electron chi connectivity index (χ1n) is 18.7. The van der Waals surface area contributed by atoms with Gasteiger partial charge in [0.2, 0.25) is 0 Å². The quantitative estimate of drug-likeness (QED) is 0.0494. The van der Waals surface area contributed by atoms with Crippen molar-refractivity contribution in [2.45, 2.75) is 175 Å². The summed E-state index contributed by atoms with van der Waals surface area (Å²) in [6.45, 7) is 9.30. The molecule has 0 fully saturated rings. The van der Waals surface area contributed by atoms with E-state index in [-0.39, 0.29) is 4.48 Å². The molecular formula is C37H72NO6+. The third kappa shape index (κ3) is 21.2. The highest BCUT2D eigenvalue weighted by atomic mass is 16.4. The highest BCUT2D eigenvalue weighted by molar-refractivity contribution is 5.71. The van der Waals surface area contributed by atoms with Gasteiger partial charge in [0.1, 0.15) is 17.8 Å². The van der Waals surface area contributed by atoms with E-state index < -0.39 is 35.7 Å². The highest BCUT2D eigenvalue weighted by Gasteiger charge is 2.40. The van der Waals surface area contributed by atoms with Crippen LogP contribution >= 0.6 is 0 Å².